The van der Waals surface area contributed by atoms with Crippen LogP contribution >= 0.6 is 0 Å². The maximum atomic E-state index is 6.28. The van der Waals surface area contributed by atoms with Crippen molar-refractivity contribution in [2.24, 2.45) is 0 Å². The van der Waals surface area contributed by atoms with Gasteiger partial charge in [-0.2, -0.15) is 0 Å². The van der Waals surface area contributed by atoms with Gasteiger partial charge in [-0.15, -0.1) is 0 Å². The Bertz CT molecular complexity index is 2770. The molecular formula is C42H24N4OSe. The molecule has 3 aromatic heterocycles. The van der Waals surface area contributed by atoms with E-state index in [2.05, 4.69) is 54.6 Å². The van der Waals surface area contributed by atoms with Crippen LogP contribution in [0.3, 0.4) is 0 Å². The van der Waals surface area contributed by atoms with Crippen molar-refractivity contribution < 1.29 is 4.42 Å². The van der Waals surface area contributed by atoms with Crippen LogP contribution in [0.2, 0.25) is 0 Å². The minimum absolute atomic E-state index is 0.183. The molecule has 0 amide bonds. The summed E-state index contributed by atoms with van der Waals surface area (Å²) in [6, 6.07) is 50.2. The summed E-state index contributed by atoms with van der Waals surface area (Å²) in [4.78, 5) is 20.0. The van der Waals surface area contributed by atoms with Gasteiger partial charge in [0.05, 0.1) is 0 Å². The Morgan fingerprint density at radius 2 is 1.10 bits per heavy atom. The fourth-order valence-corrected chi connectivity index (χ4v) is 9.06. The molecule has 0 saturated carbocycles. The first-order valence-corrected chi connectivity index (χ1v) is 17.5. The topological polar surface area (TPSA) is 64.7 Å². The third kappa shape index (κ3) is 4.38. The van der Waals surface area contributed by atoms with Crippen molar-refractivity contribution in [3.63, 3.8) is 0 Å². The Kier molecular flexibility index (Phi) is 6.13. The molecule has 10 rings (SSSR count). The van der Waals surface area contributed by atoms with Crippen LogP contribution in [0.25, 0.3) is 97.6 Å². The van der Waals surface area contributed by atoms with Crippen molar-refractivity contribution in [1.82, 2.24) is 19.9 Å². The predicted molar refractivity (Wildman–Crippen MR) is 196 cm³/mol. The molecule has 0 aliphatic heterocycles. The molecule has 3 heterocycles. The summed E-state index contributed by atoms with van der Waals surface area (Å²) in [6.45, 7) is 0. The monoisotopic (exact) mass is 680 g/mol. The van der Waals surface area contributed by atoms with E-state index in [0.29, 0.717) is 23.4 Å². The van der Waals surface area contributed by atoms with E-state index in [0.717, 1.165) is 44.1 Å². The maximum absolute atomic E-state index is 6.28. The van der Waals surface area contributed by atoms with Gasteiger partial charge in [0.1, 0.15) is 0 Å². The summed E-state index contributed by atoms with van der Waals surface area (Å²) in [6.07, 6.45) is 0. The van der Waals surface area contributed by atoms with Gasteiger partial charge >= 0.3 is 246 Å². The molecule has 0 aliphatic rings. The second-order valence-electron chi connectivity index (χ2n) is 11.8. The molecule has 10 aromatic rings. The van der Waals surface area contributed by atoms with Crippen LogP contribution in [0.15, 0.2) is 150 Å². The van der Waals surface area contributed by atoms with E-state index in [1.807, 2.05) is 91.0 Å². The first kappa shape index (κ1) is 27.2. The van der Waals surface area contributed by atoms with Gasteiger partial charge in [-0.1, -0.05) is 36.4 Å². The molecule has 0 fully saturated rings. The van der Waals surface area contributed by atoms with E-state index in [9.17, 15) is 0 Å². The summed E-state index contributed by atoms with van der Waals surface area (Å²) in [5.74, 6) is 2.61. The molecule has 0 atom stereocenters. The molecule has 0 unspecified atom stereocenters. The molecule has 6 heteroatoms. The van der Waals surface area contributed by atoms with Crippen molar-refractivity contribution in [2.75, 3.05) is 0 Å². The summed E-state index contributed by atoms with van der Waals surface area (Å²) >= 11 is 0.183. The quantitative estimate of drug-likeness (QED) is 0.137. The van der Waals surface area contributed by atoms with Gasteiger partial charge in [-0.25, -0.2) is 0 Å². The van der Waals surface area contributed by atoms with Gasteiger partial charge < -0.3 is 0 Å². The molecule has 224 valence electrons. The van der Waals surface area contributed by atoms with E-state index >= 15 is 0 Å². The summed E-state index contributed by atoms with van der Waals surface area (Å²) < 4.78 is 8.99. The first-order chi connectivity index (χ1) is 23.8. The van der Waals surface area contributed by atoms with Crippen molar-refractivity contribution in [3.05, 3.63) is 146 Å². The predicted octanol–water partition coefficient (Wildman–Crippen LogP) is 10.4. The van der Waals surface area contributed by atoms with E-state index in [-0.39, 0.29) is 14.5 Å². The number of benzene rings is 7. The Balaban J connectivity index is 1.20. The van der Waals surface area contributed by atoms with E-state index in [1.165, 1.54) is 30.1 Å². The van der Waals surface area contributed by atoms with E-state index < -0.39 is 0 Å². The van der Waals surface area contributed by atoms with Crippen LogP contribution < -0.4 is 0 Å². The van der Waals surface area contributed by atoms with Crippen LogP contribution in [-0.2, 0) is 0 Å². The van der Waals surface area contributed by atoms with E-state index in [1.54, 1.807) is 0 Å². The summed E-state index contributed by atoms with van der Waals surface area (Å²) in [7, 11) is 0. The van der Waals surface area contributed by atoms with Gasteiger partial charge in [-0.05, 0) is 0 Å². The van der Waals surface area contributed by atoms with Crippen LogP contribution in [0.1, 0.15) is 0 Å². The average molecular weight is 680 g/mol. The zero-order chi connectivity index (χ0) is 31.6. The normalized spacial score (nSPS) is 11.8. The first-order valence-electron chi connectivity index (χ1n) is 15.8. The van der Waals surface area contributed by atoms with Gasteiger partial charge in [0, 0.05) is 0 Å². The SMILES string of the molecule is c1ccc(-c2nc(-c3ccccc3)nc(-c3cccc4c3ccc3cc5[se]c6ccc7oc(-c8ccccc8)nc7c6c5cc34)n2)cc1. The molecule has 0 aliphatic carbocycles. The van der Waals surface area contributed by atoms with Crippen LogP contribution in [-0.4, -0.2) is 34.4 Å². The minimum atomic E-state index is 0.183. The number of fused-ring (bicyclic) bond motifs is 8. The van der Waals surface area contributed by atoms with Crippen LogP contribution in [0.4, 0.5) is 0 Å². The van der Waals surface area contributed by atoms with Gasteiger partial charge in [-0.3, -0.25) is 0 Å². The number of rotatable bonds is 4. The fourth-order valence-electron chi connectivity index (χ4n) is 6.67. The number of hydrogen-bond donors (Lipinski definition) is 0. The number of hydrogen-bond acceptors (Lipinski definition) is 5. The van der Waals surface area contributed by atoms with Crippen LogP contribution in [0.5, 0.6) is 0 Å². The molecule has 48 heavy (non-hydrogen) atoms. The van der Waals surface area contributed by atoms with Crippen molar-refractivity contribution >= 4 is 66.4 Å². The molecule has 0 N–H and O–H groups in total. The molecule has 5 nitrogen and oxygen atoms in total. The molecular weight excluding hydrogens is 655 g/mol. The molecule has 0 spiro atoms. The smallest absolute Gasteiger partial charge is 0.0615 e. The average Bonchev–Trinajstić information content (AvgIpc) is 3.76. The van der Waals surface area contributed by atoms with Gasteiger partial charge in [0.15, 0.2) is 0 Å². The number of aromatic nitrogens is 4. The van der Waals surface area contributed by atoms with Gasteiger partial charge in [0.25, 0.3) is 0 Å². The summed E-state index contributed by atoms with van der Waals surface area (Å²) in [5, 5.41) is 7.12. The molecule has 0 bridgehead atoms. The molecule has 7 aromatic carbocycles. The minimum Gasteiger partial charge on any atom is -0.0615 e. The van der Waals surface area contributed by atoms with Gasteiger partial charge in [0.2, 0.25) is 0 Å². The summed E-state index contributed by atoms with van der Waals surface area (Å²) in [5.41, 5.74) is 5.61. The number of oxazole rings is 1. The second-order valence-corrected chi connectivity index (χ2v) is 14.1. The zero-order valence-electron chi connectivity index (χ0n) is 25.5. The second kappa shape index (κ2) is 10.8. The third-order valence-electron chi connectivity index (χ3n) is 8.95. The van der Waals surface area contributed by atoms with E-state index in [4.69, 9.17) is 24.4 Å². The van der Waals surface area contributed by atoms with Crippen molar-refractivity contribution in [1.29, 1.82) is 0 Å². The standard InChI is InChI=1S/C42H24N4OSe/c1-4-11-25(12-5-1)39-44-40(26-13-6-2-7-14-26)46-41(45-39)31-18-10-17-29-30(31)20-19-28-23-36-33(24-32(28)29)37-35(48-36)22-21-34-38(37)43-42(47-34)27-15-8-3-9-16-27/h1-24H. The Morgan fingerprint density at radius 1 is 0.438 bits per heavy atom. The molecule has 0 radical (unpaired) electrons. The van der Waals surface area contributed by atoms with Crippen LogP contribution in [0, 0.1) is 0 Å². The Hall–Kier alpha value is -5.94. The van der Waals surface area contributed by atoms with Crippen molar-refractivity contribution in [3.8, 4) is 45.6 Å². The van der Waals surface area contributed by atoms with Crippen molar-refractivity contribution in [2.45, 2.75) is 0 Å². The molecule has 0 saturated heterocycles. The zero-order valence-corrected chi connectivity index (χ0v) is 27.2. The fraction of sp³-hybridized carbons (Fsp3) is 0. The number of nitrogens with zero attached hydrogens (tertiary/aromatic N) is 4. The Labute approximate surface area is 280 Å². The Morgan fingerprint density at radius 3 is 1.81 bits per heavy atom. The third-order valence-corrected chi connectivity index (χ3v) is 11.3.